The second-order valence-electron chi connectivity index (χ2n) is 5.24. The first kappa shape index (κ1) is 17.7. The highest BCUT2D eigenvalue weighted by Gasteiger charge is 2.16. The molecule has 126 valence electrons. The van der Waals surface area contributed by atoms with Crippen molar-refractivity contribution in [3.05, 3.63) is 80.3 Å². The molecule has 0 amide bonds. The summed E-state index contributed by atoms with van der Waals surface area (Å²) in [6.07, 6.45) is 0. The Labute approximate surface area is 157 Å². The molecular formula is C19H13ClO3S2. The molecule has 6 heteroatoms. The summed E-state index contributed by atoms with van der Waals surface area (Å²) in [6.45, 7) is 1.39. The van der Waals surface area contributed by atoms with Crippen LogP contribution >= 0.6 is 34.7 Å². The lowest BCUT2D eigenvalue weighted by molar-refractivity contribution is -0.112. The topological polar surface area (TPSA) is 54.4 Å². The van der Waals surface area contributed by atoms with E-state index in [4.69, 9.17) is 11.6 Å². The monoisotopic (exact) mass is 388 g/mol. The average molecular weight is 389 g/mol. The fourth-order valence-electron chi connectivity index (χ4n) is 2.31. The molecule has 0 saturated heterocycles. The van der Waals surface area contributed by atoms with Crippen LogP contribution in [0.25, 0.3) is 15.8 Å². The van der Waals surface area contributed by atoms with E-state index in [2.05, 4.69) is 0 Å². The van der Waals surface area contributed by atoms with Gasteiger partial charge in [0.1, 0.15) is 5.76 Å². The van der Waals surface area contributed by atoms with Crippen LogP contribution in [0.5, 0.6) is 0 Å². The normalized spacial score (nSPS) is 12.1. The maximum absolute atomic E-state index is 12.4. The molecule has 0 unspecified atom stereocenters. The van der Waals surface area contributed by atoms with E-state index in [0.717, 1.165) is 16.5 Å². The number of benzene rings is 2. The minimum absolute atomic E-state index is 0.0936. The molecule has 0 atom stereocenters. The van der Waals surface area contributed by atoms with Crippen LogP contribution in [-0.4, -0.2) is 10.9 Å². The van der Waals surface area contributed by atoms with Crippen LogP contribution in [0, 0.1) is 0 Å². The summed E-state index contributed by atoms with van der Waals surface area (Å²) in [6, 6.07) is 15.6. The van der Waals surface area contributed by atoms with Gasteiger partial charge in [0.15, 0.2) is 11.2 Å². The van der Waals surface area contributed by atoms with Crippen molar-refractivity contribution in [2.45, 2.75) is 11.1 Å². The maximum atomic E-state index is 12.4. The molecule has 0 bridgehead atoms. The number of carbonyl (C=O) groups excluding carboxylic acids is 1. The van der Waals surface area contributed by atoms with Gasteiger partial charge in [-0.2, -0.15) is 0 Å². The predicted octanol–water partition coefficient (Wildman–Crippen LogP) is 5.52. The van der Waals surface area contributed by atoms with E-state index >= 15 is 0 Å². The van der Waals surface area contributed by atoms with Crippen LogP contribution in [0.2, 0.25) is 5.02 Å². The molecule has 3 nitrogen and oxygen atoms in total. The lowest BCUT2D eigenvalue weighted by Gasteiger charge is -2.08. The summed E-state index contributed by atoms with van der Waals surface area (Å²) in [7, 11) is 0. The first-order chi connectivity index (χ1) is 12.0. The quantitative estimate of drug-likeness (QED) is 0.363. The Hall–Kier alpha value is -2.08. The lowest BCUT2D eigenvalue weighted by atomic mass is 10.1. The molecule has 1 heterocycles. The molecule has 0 aliphatic heterocycles. The Bertz CT molecular complexity index is 1040. The van der Waals surface area contributed by atoms with Crippen molar-refractivity contribution in [2.75, 3.05) is 0 Å². The summed E-state index contributed by atoms with van der Waals surface area (Å²) in [5.41, 5.74) is 0.348. The van der Waals surface area contributed by atoms with Crippen molar-refractivity contribution in [1.29, 1.82) is 0 Å². The number of aliphatic hydroxyl groups is 1. The maximum Gasteiger partial charge on any atom is 0.190 e. The third kappa shape index (κ3) is 3.79. The van der Waals surface area contributed by atoms with Gasteiger partial charge in [-0.1, -0.05) is 59.8 Å². The number of halogens is 1. The standard InChI is InChI=1S/C19H13ClO3S2/c1-11(21)19(18(23)12-6-3-2-4-7-12)25-16-10-14(22)17-13(20)8-5-9-15(17)24-16/h2-10,23H,1H3/b19-18-. The third-order valence-corrected chi connectivity index (χ3v) is 6.16. The third-order valence-electron chi connectivity index (χ3n) is 3.47. The Kier molecular flexibility index (Phi) is 5.27. The largest absolute Gasteiger partial charge is 0.506 e. The Balaban J connectivity index is 2.09. The smallest absolute Gasteiger partial charge is 0.190 e. The Morgan fingerprint density at radius 2 is 1.84 bits per heavy atom. The number of carbonyl (C=O) groups is 1. The van der Waals surface area contributed by atoms with Crippen LogP contribution in [0.15, 0.2) is 68.5 Å². The van der Waals surface area contributed by atoms with Crippen molar-refractivity contribution < 1.29 is 9.90 Å². The van der Waals surface area contributed by atoms with E-state index < -0.39 is 0 Å². The van der Waals surface area contributed by atoms with Gasteiger partial charge in [0.25, 0.3) is 0 Å². The summed E-state index contributed by atoms with van der Waals surface area (Å²) in [5.74, 6) is -0.360. The van der Waals surface area contributed by atoms with E-state index in [9.17, 15) is 14.7 Å². The van der Waals surface area contributed by atoms with Crippen LogP contribution in [0.3, 0.4) is 0 Å². The Morgan fingerprint density at radius 3 is 2.52 bits per heavy atom. The zero-order valence-corrected chi connectivity index (χ0v) is 15.5. The molecule has 0 saturated carbocycles. The van der Waals surface area contributed by atoms with Crippen molar-refractivity contribution in [3.63, 3.8) is 0 Å². The van der Waals surface area contributed by atoms with Gasteiger partial charge in [0.05, 0.1) is 19.5 Å². The molecule has 0 fully saturated rings. The van der Waals surface area contributed by atoms with Gasteiger partial charge in [-0.3, -0.25) is 9.59 Å². The van der Waals surface area contributed by atoms with Gasteiger partial charge >= 0.3 is 0 Å². The summed E-state index contributed by atoms with van der Waals surface area (Å²) in [5, 5.41) is 11.4. The van der Waals surface area contributed by atoms with E-state index in [-0.39, 0.29) is 21.9 Å². The van der Waals surface area contributed by atoms with Gasteiger partial charge in [0, 0.05) is 16.3 Å². The van der Waals surface area contributed by atoms with Crippen LogP contribution in [0.4, 0.5) is 0 Å². The van der Waals surface area contributed by atoms with Crippen molar-refractivity contribution in [1.82, 2.24) is 0 Å². The molecule has 0 aliphatic rings. The van der Waals surface area contributed by atoms with Gasteiger partial charge in [-0.25, -0.2) is 0 Å². The first-order valence-corrected chi connectivity index (χ1v) is 9.38. The van der Waals surface area contributed by atoms with Crippen molar-refractivity contribution in [3.8, 4) is 0 Å². The number of allylic oxidation sites excluding steroid dienone is 1. The highest BCUT2D eigenvalue weighted by Crippen LogP contribution is 2.37. The van der Waals surface area contributed by atoms with E-state index in [1.807, 2.05) is 12.1 Å². The molecule has 1 N–H and O–H groups in total. The van der Waals surface area contributed by atoms with Crippen molar-refractivity contribution in [2.24, 2.45) is 0 Å². The minimum atomic E-state index is -0.266. The highest BCUT2D eigenvalue weighted by molar-refractivity contribution is 8.05. The first-order valence-electron chi connectivity index (χ1n) is 7.37. The number of rotatable bonds is 4. The number of hydrogen-bond donors (Lipinski definition) is 1. The predicted molar refractivity (Wildman–Crippen MR) is 106 cm³/mol. The molecule has 0 spiro atoms. The zero-order valence-electron chi connectivity index (χ0n) is 13.2. The number of thioether (sulfide) groups is 1. The molecule has 3 aromatic rings. The summed E-state index contributed by atoms with van der Waals surface area (Å²) in [4.78, 5) is 24.6. The summed E-state index contributed by atoms with van der Waals surface area (Å²) < 4.78 is 1.36. The molecule has 25 heavy (non-hydrogen) atoms. The lowest BCUT2D eigenvalue weighted by Crippen LogP contribution is -2.01. The molecular weight excluding hydrogens is 376 g/mol. The van der Waals surface area contributed by atoms with Crippen LogP contribution in [-0.2, 0) is 4.79 Å². The van der Waals surface area contributed by atoms with E-state index in [0.29, 0.717) is 20.2 Å². The number of hydrogen-bond acceptors (Lipinski definition) is 5. The Morgan fingerprint density at radius 1 is 1.12 bits per heavy atom. The second kappa shape index (κ2) is 7.44. The number of Topliss-reactive ketones (excluding diaryl/α,β-unsaturated/α-hetero) is 1. The molecule has 0 aliphatic carbocycles. The van der Waals surface area contributed by atoms with Gasteiger partial charge in [0.2, 0.25) is 0 Å². The van der Waals surface area contributed by atoms with Crippen LogP contribution < -0.4 is 5.43 Å². The summed E-state index contributed by atoms with van der Waals surface area (Å²) >= 11 is 8.54. The van der Waals surface area contributed by atoms with Gasteiger partial charge in [-0.15, -0.1) is 11.3 Å². The molecule has 0 radical (unpaired) electrons. The van der Waals surface area contributed by atoms with E-state index in [1.165, 1.54) is 24.3 Å². The van der Waals surface area contributed by atoms with Crippen LogP contribution in [0.1, 0.15) is 12.5 Å². The SMILES string of the molecule is CC(=O)/C(Sc1cc(=O)c2c(Cl)cccc2s1)=C(/O)c1ccccc1. The van der Waals surface area contributed by atoms with E-state index in [1.54, 1.807) is 36.4 Å². The zero-order chi connectivity index (χ0) is 18.0. The molecule has 2 aromatic carbocycles. The number of ketones is 1. The van der Waals surface area contributed by atoms with Crippen molar-refractivity contribution >= 4 is 56.3 Å². The average Bonchev–Trinajstić information content (AvgIpc) is 2.59. The second-order valence-corrected chi connectivity index (χ2v) is 8.05. The fourth-order valence-corrected chi connectivity index (χ4v) is 4.89. The fraction of sp³-hybridized carbons (Fsp3) is 0.0526. The minimum Gasteiger partial charge on any atom is -0.506 e. The van der Waals surface area contributed by atoms with Gasteiger partial charge < -0.3 is 5.11 Å². The molecule has 1 aromatic heterocycles. The number of fused-ring (bicyclic) bond motifs is 1. The highest BCUT2D eigenvalue weighted by atomic mass is 35.5. The number of aliphatic hydroxyl groups excluding tert-OH is 1. The molecule has 3 rings (SSSR count). The van der Waals surface area contributed by atoms with Gasteiger partial charge in [-0.05, 0) is 19.1 Å².